The number of carboxylic acid groups (broad SMARTS) is 1. The summed E-state index contributed by atoms with van der Waals surface area (Å²) in [4.78, 5) is 28.2. The van der Waals surface area contributed by atoms with E-state index in [9.17, 15) is 9.59 Å². The van der Waals surface area contributed by atoms with Crippen LogP contribution in [0.3, 0.4) is 0 Å². The van der Waals surface area contributed by atoms with Crippen LogP contribution in [-0.2, 0) is 11.2 Å². The average Bonchev–Trinajstić information content (AvgIpc) is 2.99. The van der Waals surface area contributed by atoms with Crippen LogP contribution in [0.15, 0.2) is 11.6 Å². The molecule has 0 bridgehead atoms. The number of rotatable bonds is 4. The monoisotopic (exact) mass is 287 g/mol. The van der Waals surface area contributed by atoms with Gasteiger partial charge in [-0.25, -0.2) is 14.6 Å². The first-order valence-electron chi connectivity index (χ1n) is 5.42. The molecule has 1 aromatic heterocycles. The summed E-state index contributed by atoms with van der Waals surface area (Å²) in [6.07, 6.45) is 2.39. The molecule has 98 valence electrons. The minimum atomic E-state index is -0.949. The summed E-state index contributed by atoms with van der Waals surface area (Å²) in [6.45, 7) is 0.472. The molecule has 1 aliphatic heterocycles. The van der Waals surface area contributed by atoms with Crippen LogP contribution in [-0.4, -0.2) is 51.2 Å². The Morgan fingerprint density at radius 1 is 1.61 bits per heavy atom. The Hall–Kier alpha value is -1.28. The van der Waals surface area contributed by atoms with Gasteiger partial charge in [-0.3, -0.25) is 0 Å². The van der Waals surface area contributed by atoms with E-state index in [0.29, 0.717) is 24.6 Å². The number of aromatic nitrogens is 1. The fourth-order valence-electron chi connectivity index (χ4n) is 1.60. The smallest absolute Gasteiger partial charge is 0.327 e. The van der Waals surface area contributed by atoms with Gasteiger partial charge in [0.2, 0.25) is 0 Å². The summed E-state index contributed by atoms with van der Waals surface area (Å²) in [5.41, 5.74) is 0. The van der Waals surface area contributed by atoms with Crippen LogP contribution in [0.4, 0.5) is 4.79 Å². The number of thiazole rings is 1. The predicted molar refractivity (Wildman–Crippen MR) is 69.8 cm³/mol. The maximum atomic E-state index is 11.8. The standard InChI is InChI=1S/C10H13N3O3S2/c14-9(15)7-5-17-6-13(7)10(16)12-2-1-8-11-3-4-18-8/h3-4,7H,1-2,5-6H2,(H,12,16)(H,14,15). The molecular weight excluding hydrogens is 274 g/mol. The van der Waals surface area contributed by atoms with E-state index in [2.05, 4.69) is 10.3 Å². The van der Waals surface area contributed by atoms with Crippen molar-refractivity contribution >= 4 is 35.1 Å². The van der Waals surface area contributed by atoms with E-state index in [0.717, 1.165) is 5.01 Å². The van der Waals surface area contributed by atoms with Gasteiger partial charge >= 0.3 is 12.0 Å². The number of hydrogen-bond acceptors (Lipinski definition) is 5. The molecule has 6 nitrogen and oxygen atoms in total. The summed E-state index contributed by atoms with van der Waals surface area (Å²) >= 11 is 2.99. The molecule has 8 heteroatoms. The molecule has 0 aromatic carbocycles. The maximum Gasteiger partial charge on any atom is 0.327 e. The van der Waals surface area contributed by atoms with Gasteiger partial charge in [0.1, 0.15) is 6.04 Å². The lowest BCUT2D eigenvalue weighted by Crippen LogP contribution is -2.47. The molecule has 1 saturated heterocycles. The van der Waals surface area contributed by atoms with E-state index in [1.807, 2.05) is 5.38 Å². The molecule has 18 heavy (non-hydrogen) atoms. The van der Waals surface area contributed by atoms with E-state index in [4.69, 9.17) is 5.11 Å². The van der Waals surface area contributed by atoms with Crippen molar-refractivity contribution in [3.05, 3.63) is 16.6 Å². The first kappa shape index (κ1) is 13.2. The summed E-state index contributed by atoms with van der Waals surface area (Å²) in [5.74, 6) is -0.0648. The van der Waals surface area contributed by atoms with Crippen LogP contribution in [0.1, 0.15) is 5.01 Å². The third kappa shape index (κ3) is 3.14. The van der Waals surface area contributed by atoms with Crippen molar-refractivity contribution in [2.45, 2.75) is 12.5 Å². The third-order valence-corrected chi connectivity index (χ3v) is 4.38. The van der Waals surface area contributed by atoms with Crippen molar-refractivity contribution in [3.8, 4) is 0 Å². The highest BCUT2D eigenvalue weighted by atomic mass is 32.2. The van der Waals surface area contributed by atoms with Gasteiger partial charge < -0.3 is 15.3 Å². The number of thioether (sulfide) groups is 1. The van der Waals surface area contributed by atoms with Gasteiger partial charge in [-0.1, -0.05) is 0 Å². The highest BCUT2D eigenvalue weighted by Gasteiger charge is 2.34. The van der Waals surface area contributed by atoms with Crippen molar-refractivity contribution in [2.75, 3.05) is 18.2 Å². The highest BCUT2D eigenvalue weighted by molar-refractivity contribution is 7.99. The van der Waals surface area contributed by atoms with Crippen LogP contribution in [0.25, 0.3) is 0 Å². The maximum absolute atomic E-state index is 11.8. The Balaban J connectivity index is 1.79. The zero-order valence-corrected chi connectivity index (χ0v) is 11.2. The predicted octanol–water partition coefficient (Wildman–Crippen LogP) is 0.855. The molecule has 2 rings (SSSR count). The lowest BCUT2D eigenvalue weighted by molar-refractivity contribution is -0.140. The Kier molecular flexibility index (Phi) is 4.43. The zero-order chi connectivity index (χ0) is 13.0. The summed E-state index contributed by atoms with van der Waals surface area (Å²) in [7, 11) is 0. The highest BCUT2D eigenvalue weighted by Crippen LogP contribution is 2.20. The lowest BCUT2D eigenvalue weighted by Gasteiger charge is -2.20. The van der Waals surface area contributed by atoms with E-state index in [1.54, 1.807) is 6.20 Å². The van der Waals surface area contributed by atoms with Crippen molar-refractivity contribution in [1.82, 2.24) is 15.2 Å². The number of hydrogen-bond donors (Lipinski definition) is 2. The van der Waals surface area contributed by atoms with Gasteiger partial charge in [0.15, 0.2) is 0 Å². The van der Waals surface area contributed by atoms with Crippen LogP contribution in [0.2, 0.25) is 0 Å². The molecule has 0 aliphatic carbocycles. The van der Waals surface area contributed by atoms with Gasteiger partial charge in [0.05, 0.1) is 10.9 Å². The first-order chi connectivity index (χ1) is 8.68. The minimum absolute atomic E-state index is 0.316. The second-order valence-corrected chi connectivity index (χ2v) is 5.71. The molecule has 1 unspecified atom stereocenters. The quantitative estimate of drug-likeness (QED) is 0.858. The summed E-state index contributed by atoms with van der Waals surface area (Å²) in [6, 6.07) is -1.03. The third-order valence-electron chi connectivity index (χ3n) is 2.53. The fraction of sp³-hybridized carbons (Fsp3) is 0.500. The van der Waals surface area contributed by atoms with Gasteiger partial charge in [-0.2, -0.15) is 0 Å². The van der Waals surface area contributed by atoms with Crippen LogP contribution in [0.5, 0.6) is 0 Å². The summed E-state index contributed by atoms with van der Waals surface area (Å²) < 4.78 is 0. The largest absolute Gasteiger partial charge is 0.480 e. The van der Waals surface area contributed by atoms with Crippen molar-refractivity contribution in [1.29, 1.82) is 0 Å². The minimum Gasteiger partial charge on any atom is -0.480 e. The Bertz CT molecular complexity index is 424. The van der Waals surface area contributed by atoms with E-state index < -0.39 is 12.0 Å². The normalized spacial score (nSPS) is 18.9. The fourth-order valence-corrected chi connectivity index (χ4v) is 3.37. The van der Waals surface area contributed by atoms with E-state index in [1.165, 1.54) is 28.0 Å². The SMILES string of the molecule is O=C(O)C1CSCN1C(=O)NCCc1nccs1. The Morgan fingerprint density at radius 3 is 3.11 bits per heavy atom. The van der Waals surface area contributed by atoms with Gasteiger partial charge in [0.25, 0.3) is 0 Å². The summed E-state index contributed by atoms with van der Waals surface area (Å²) in [5, 5.41) is 14.5. The zero-order valence-electron chi connectivity index (χ0n) is 9.54. The molecule has 1 fully saturated rings. The second kappa shape index (κ2) is 6.05. The molecular formula is C10H13N3O3S2. The first-order valence-corrected chi connectivity index (χ1v) is 7.45. The number of urea groups is 1. The number of aliphatic carboxylic acids is 1. The Morgan fingerprint density at radius 2 is 2.44 bits per heavy atom. The van der Waals surface area contributed by atoms with Crippen molar-refractivity contribution < 1.29 is 14.7 Å². The van der Waals surface area contributed by atoms with E-state index >= 15 is 0 Å². The topological polar surface area (TPSA) is 82.5 Å². The molecule has 1 aliphatic rings. The number of carbonyl (C=O) groups excluding carboxylic acids is 1. The molecule has 0 spiro atoms. The molecule has 2 N–H and O–H groups in total. The van der Waals surface area contributed by atoms with E-state index in [-0.39, 0.29) is 6.03 Å². The van der Waals surface area contributed by atoms with Crippen molar-refractivity contribution in [3.63, 3.8) is 0 Å². The molecule has 2 heterocycles. The molecule has 0 saturated carbocycles. The number of carbonyl (C=O) groups is 2. The van der Waals surface area contributed by atoms with Crippen LogP contribution < -0.4 is 5.32 Å². The molecule has 1 atom stereocenters. The van der Waals surface area contributed by atoms with Crippen LogP contribution >= 0.6 is 23.1 Å². The lowest BCUT2D eigenvalue weighted by atomic mass is 10.3. The van der Waals surface area contributed by atoms with Crippen LogP contribution in [0, 0.1) is 0 Å². The number of amides is 2. The Labute approximate surface area is 112 Å². The number of carboxylic acids is 1. The van der Waals surface area contributed by atoms with Gasteiger partial charge in [0, 0.05) is 30.3 Å². The van der Waals surface area contributed by atoms with Gasteiger partial charge in [-0.15, -0.1) is 23.1 Å². The second-order valence-electron chi connectivity index (χ2n) is 3.73. The molecule has 1 aromatic rings. The number of nitrogens with one attached hydrogen (secondary N) is 1. The number of nitrogens with zero attached hydrogens (tertiary/aromatic N) is 2. The molecule has 0 radical (unpaired) electrons. The van der Waals surface area contributed by atoms with Gasteiger partial charge in [-0.05, 0) is 0 Å². The average molecular weight is 287 g/mol. The van der Waals surface area contributed by atoms with Crippen molar-refractivity contribution in [2.24, 2.45) is 0 Å². The molecule has 2 amide bonds.